The molecule has 0 aliphatic rings. The van der Waals surface area contributed by atoms with Crippen molar-refractivity contribution in [1.29, 1.82) is 0 Å². The zero-order valence-electron chi connectivity index (χ0n) is 12.0. The topological polar surface area (TPSA) is 89.8 Å². The van der Waals surface area contributed by atoms with E-state index in [9.17, 15) is 12.8 Å². The van der Waals surface area contributed by atoms with Crippen LogP contribution in [0, 0.1) is 12.7 Å². The van der Waals surface area contributed by atoms with E-state index in [1.165, 1.54) is 53.9 Å². The van der Waals surface area contributed by atoms with E-state index in [0.717, 1.165) is 0 Å². The van der Waals surface area contributed by atoms with Crippen molar-refractivity contribution in [3.63, 3.8) is 0 Å². The van der Waals surface area contributed by atoms with Crippen LogP contribution in [0.5, 0.6) is 0 Å². The van der Waals surface area contributed by atoms with Crippen LogP contribution in [-0.4, -0.2) is 27.9 Å². The van der Waals surface area contributed by atoms with Gasteiger partial charge in [-0.2, -0.15) is 8.42 Å². The maximum Gasteiger partial charge on any atom is 0.279 e. The van der Waals surface area contributed by atoms with Crippen LogP contribution < -0.4 is 4.72 Å². The smallest absolute Gasteiger partial charge is 0.278 e. The van der Waals surface area contributed by atoms with Gasteiger partial charge in [0.05, 0.1) is 12.4 Å². The fourth-order valence-corrected chi connectivity index (χ4v) is 3.13. The predicted octanol–water partition coefficient (Wildman–Crippen LogP) is 1.91. The summed E-state index contributed by atoms with van der Waals surface area (Å²) in [5.41, 5.74) is 0.600. The Kier molecular flexibility index (Phi) is 3.78. The summed E-state index contributed by atoms with van der Waals surface area (Å²) in [5, 5.41) is -0.0972. The van der Waals surface area contributed by atoms with E-state index in [4.69, 9.17) is 0 Å². The second kappa shape index (κ2) is 5.76. The lowest BCUT2D eigenvalue weighted by Crippen LogP contribution is -2.17. The van der Waals surface area contributed by atoms with E-state index < -0.39 is 15.8 Å². The van der Waals surface area contributed by atoms with Gasteiger partial charge in [0.2, 0.25) is 0 Å². The molecule has 3 aromatic rings. The molecule has 0 fully saturated rings. The van der Waals surface area contributed by atoms with Gasteiger partial charge in [0.25, 0.3) is 10.0 Å². The molecule has 1 aromatic carbocycles. The fourth-order valence-electron chi connectivity index (χ4n) is 1.99. The van der Waals surface area contributed by atoms with E-state index in [2.05, 4.69) is 19.7 Å². The maximum atomic E-state index is 13.3. The Morgan fingerprint density at radius 1 is 1.17 bits per heavy atom. The Morgan fingerprint density at radius 3 is 2.70 bits per heavy atom. The van der Waals surface area contributed by atoms with E-state index in [1.807, 2.05) is 0 Å². The summed E-state index contributed by atoms with van der Waals surface area (Å²) in [6.07, 6.45) is 6.88. The monoisotopic (exact) mass is 333 g/mol. The number of nitrogens with zero attached hydrogens (tertiary/aromatic N) is 4. The van der Waals surface area contributed by atoms with Crippen molar-refractivity contribution in [3.8, 4) is 5.82 Å². The summed E-state index contributed by atoms with van der Waals surface area (Å²) in [4.78, 5) is 11.8. The Balaban J connectivity index is 1.98. The molecule has 0 aliphatic carbocycles. The van der Waals surface area contributed by atoms with Gasteiger partial charge in [-0.25, -0.2) is 14.4 Å². The lowest BCUT2D eigenvalue weighted by atomic mass is 10.2. The first kappa shape index (κ1) is 15.1. The molecule has 0 saturated carbocycles. The molecule has 0 radical (unpaired) electrons. The molecule has 0 unspecified atom stereocenters. The van der Waals surface area contributed by atoms with Crippen molar-refractivity contribution in [2.75, 3.05) is 4.72 Å². The quantitative estimate of drug-likeness (QED) is 0.788. The average Bonchev–Trinajstić information content (AvgIpc) is 3.02. The highest BCUT2D eigenvalue weighted by atomic mass is 32.2. The number of anilines is 1. The van der Waals surface area contributed by atoms with Gasteiger partial charge >= 0.3 is 0 Å². The summed E-state index contributed by atoms with van der Waals surface area (Å²) in [6, 6.07) is 3.96. The highest BCUT2D eigenvalue weighted by molar-refractivity contribution is 7.92. The van der Waals surface area contributed by atoms with Crippen LogP contribution >= 0.6 is 0 Å². The molecular formula is C14H12FN5O2S. The van der Waals surface area contributed by atoms with E-state index in [1.54, 1.807) is 6.92 Å². The maximum absolute atomic E-state index is 13.3. The normalized spacial score (nSPS) is 11.4. The number of imidazole rings is 1. The SMILES string of the molecule is Cc1cc(NS(=O)(=O)c2cncn2-c2cnccn2)ccc1F. The molecule has 2 heterocycles. The van der Waals surface area contributed by atoms with E-state index in [-0.39, 0.29) is 10.7 Å². The molecule has 3 rings (SSSR count). The number of halogens is 1. The van der Waals surface area contributed by atoms with Crippen LogP contribution in [0.15, 0.2) is 54.3 Å². The number of benzene rings is 1. The third-order valence-corrected chi connectivity index (χ3v) is 4.44. The third kappa shape index (κ3) is 3.04. The number of sulfonamides is 1. The minimum Gasteiger partial charge on any atom is -0.278 e. The van der Waals surface area contributed by atoms with E-state index >= 15 is 0 Å². The fraction of sp³-hybridized carbons (Fsp3) is 0.0714. The highest BCUT2D eigenvalue weighted by Crippen LogP contribution is 2.20. The highest BCUT2D eigenvalue weighted by Gasteiger charge is 2.21. The molecule has 9 heteroatoms. The molecule has 23 heavy (non-hydrogen) atoms. The number of aromatic nitrogens is 4. The minimum atomic E-state index is -3.92. The van der Waals surface area contributed by atoms with Gasteiger partial charge in [0.1, 0.15) is 12.1 Å². The number of aryl methyl sites for hydroxylation is 1. The molecule has 118 valence electrons. The molecule has 0 bridgehead atoms. The Hall–Kier alpha value is -2.81. The van der Waals surface area contributed by atoms with Crippen molar-refractivity contribution < 1.29 is 12.8 Å². The summed E-state index contributed by atoms with van der Waals surface area (Å²) < 4.78 is 42.1. The van der Waals surface area contributed by atoms with Crippen LogP contribution in [0.1, 0.15) is 5.56 Å². The molecule has 7 nitrogen and oxygen atoms in total. The zero-order valence-corrected chi connectivity index (χ0v) is 12.8. The molecule has 0 spiro atoms. The summed E-state index contributed by atoms with van der Waals surface area (Å²) in [5.74, 6) is -0.0850. The number of hydrogen-bond acceptors (Lipinski definition) is 5. The Bertz CT molecular complexity index is 941. The average molecular weight is 333 g/mol. The number of hydrogen-bond donors (Lipinski definition) is 1. The second-order valence-electron chi connectivity index (χ2n) is 4.73. The first-order valence-electron chi connectivity index (χ1n) is 6.55. The minimum absolute atomic E-state index is 0.0972. The first-order valence-corrected chi connectivity index (χ1v) is 8.03. The Labute approximate surface area is 131 Å². The molecule has 1 N–H and O–H groups in total. The second-order valence-corrected chi connectivity index (χ2v) is 6.36. The lowest BCUT2D eigenvalue weighted by molar-refractivity contribution is 0.594. The van der Waals surface area contributed by atoms with E-state index in [0.29, 0.717) is 11.4 Å². The standard InChI is InChI=1S/C14H12FN5O2S/c1-10-6-11(2-3-12(10)15)19-23(21,22)14-8-17-9-20(14)13-7-16-4-5-18-13/h2-9,19H,1H3. The van der Waals surface area contributed by atoms with Crippen molar-refractivity contribution in [3.05, 3.63) is 60.7 Å². The molecule has 2 aromatic heterocycles. The third-order valence-electron chi connectivity index (χ3n) is 3.09. The largest absolute Gasteiger partial charge is 0.279 e. The summed E-state index contributed by atoms with van der Waals surface area (Å²) in [6.45, 7) is 1.55. The Morgan fingerprint density at radius 2 is 2.00 bits per heavy atom. The van der Waals surface area contributed by atoms with Gasteiger partial charge in [-0.15, -0.1) is 0 Å². The first-order chi connectivity index (χ1) is 11.0. The molecular weight excluding hydrogens is 321 g/mol. The van der Waals surface area contributed by atoms with Gasteiger partial charge < -0.3 is 0 Å². The molecule has 0 atom stereocenters. The number of nitrogens with one attached hydrogen (secondary N) is 1. The van der Waals surface area contributed by atoms with Crippen molar-refractivity contribution in [2.45, 2.75) is 11.9 Å². The van der Waals surface area contributed by atoms with Gasteiger partial charge in [0.15, 0.2) is 10.8 Å². The van der Waals surface area contributed by atoms with Gasteiger partial charge in [-0.1, -0.05) is 0 Å². The summed E-state index contributed by atoms with van der Waals surface area (Å²) in [7, 11) is -3.92. The molecule has 0 amide bonds. The van der Waals surface area contributed by atoms with Crippen LogP contribution in [0.3, 0.4) is 0 Å². The van der Waals surface area contributed by atoms with Gasteiger partial charge in [0, 0.05) is 18.1 Å². The molecule has 0 aliphatic heterocycles. The van der Waals surface area contributed by atoms with Gasteiger partial charge in [-0.05, 0) is 30.7 Å². The van der Waals surface area contributed by atoms with Crippen molar-refractivity contribution >= 4 is 15.7 Å². The van der Waals surface area contributed by atoms with Crippen molar-refractivity contribution in [2.24, 2.45) is 0 Å². The lowest BCUT2D eigenvalue weighted by Gasteiger charge is -2.10. The van der Waals surface area contributed by atoms with Crippen LogP contribution in [0.2, 0.25) is 0 Å². The van der Waals surface area contributed by atoms with Crippen LogP contribution in [-0.2, 0) is 10.0 Å². The predicted molar refractivity (Wildman–Crippen MR) is 81.1 cm³/mol. The summed E-state index contributed by atoms with van der Waals surface area (Å²) >= 11 is 0. The zero-order chi connectivity index (χ0) is 16.4. The van der Waals surface area contributed by atoms with Gasteiger partial charge in [-0.3, -0.25) is 14.3 Å². The molecule has 0 saturated heterocycles. The van der Waals surface area contributed by atoms with Crippen molar-refractivity contribution in [1.82, 2.24) is 19.5 Å². The number of rotatable bonds is 4. The van der Waals surface area contributed by atoms with Crippen LogP contribution in [0.4, 0.5) is 10.1 Å². The van der Waals surface area contributed by atoms with Crippen LogP contribution in [0.25, 0.3) is 5.82 Å².